The third kappa shape index (κ3) is 2.10. The molecule has 0 aliphatic heterocycles. The molecule has 1 heterocycles. The smallest absolute Gasteiger partial charge is 0.139 e. The summed E-state index contributed by atoms with van der Waals surface area (Å²) in [5, 5.41) is 10.2. The third-order valence-electron chi connectivity index (χ3n) is 2.29. The summed E-state index contributed by atoms with van der Waals surface area (Å²) in [6.07, 6.45) is -1.11. The quantitative estimate of drug-likeness (QED) is 0.872. The van der Waals surface area contributed by atoms with Crippen molar-refractivity contribution in [2.45, 2.75) is 13.0 Å². The fourth-order valence-electron chi connectivity index (χ4n) is 1.48. The van der Waals surface area contributed by atoms with Crippen LogP contribution in [0.1, 0.15) is 23.2 Å². The molecule has 1 unspecified atom stereocenters. The maximum atomic E-state index is 13.5. The van der Waals surface area contributed by atoms with Crippen LogP contribution in [0.2, 0.25) is 5.02 Å². The Hall–Kier alpha value is -1.32. The molecule has 2 rings (SSSR count). The first-order chi connectivity index (χ1) is 7.58. The molecule has 0 saturated carbocycles. The van der Waals surface area contributed by atoms with Crippen molar-refractivity contribution in [1.29, 1.82) is 0 Å². The van der Waals surface area contributed by atoms with Gasteiger partial charge in [0.15, 0.2) is 0 Å². The van der Waals surface area contributed by atoms with E-state index in [1.54, 1.807) is 19.1 Å². The van der Waals surface area contributed by atoms with Gasteiger partial charge in [-0.25, -0.2) is 4.39 Å². The van der Waals surface area contributed by atoms with Crippen molar-refractivity contribution < 1.29 is 13.9 Å². The minimum Gasteiger partial charge on any atom is -0.463 e. The Kier molecular flexibility index (Phi) is 2.99. The first-order valence-electron chi connectivity index (χ1n) is 4.77. The van der Waals surface area contributed by atoms with Gasteiger partial charge in [-0.2, -0.15) is 0 Å². The third-order valence-corrected chi connectivity index (χ3v) is 2.52. The lowest BCUT2D eigenvalue weighted by Crippen LogP contribution is -2.01. The van der Waals surface area contributed by atoms with Crippen LogP contribution >= 0.6 is 11.6 Å². The van der Waals surface area contributed by atoms with Gasteiger partial charge in [-0.1, -0.05) is 17.7 Å². The Bertz CT molecular complexity index is 507. The van der Waals surface area contributed by atoms with Crippen LogP contribution in [0.4, 0.5) is 4.39 Å². The summed E-state index contributed by atoms with van der Waals surface area (Å²) in [4.78, 5) is 0. The lowest BCUT2D eigenvalue weighted by Gasteiger charge is -2.09. The molecule has 0 aliphatic rings. The van der Waals surface area contributed by atoms with Gasteiger partial charge in [0.25, 0.3) is 0 Å². The first-order valence-corrected chi connectivity index (χ1v) is 5.15. The SMILES string of the molecule is Cc1ccc(C(O)c2ccc(Cl)cc2F)o1. The Morgan fingerprint density at radius 3 is 2.62 bits per heavy atom. The highest BCUT2D eigenvalue weighted by atomic mass is 35.5. The largest absolute Gasteiger partial charge is 0.463 e. The van der Waals surface area contributed by atoms with Gasteiger partial charge in [-0.15, -0.1) is 0 Å². The Labute approximate surface area is 97.3 Å². The number of halogens is 2. The molecule has 1 aromatic heterocycles. The molecule has 84 valence electrons. The van der Waals surface area contributed by atoms with Crippen LogP contribution < -0.4 is 0 Å². The van der Waals surface area contributed by atoms with Crippen LogP contribution in [0.5, 0.6) is 0 Å². The van der Waals surface area contributed by atoms with Gasteiger partial charge in [0.1, 0.15) is 23.4 Å². The zero-order valence-corrected chi connectivity index (χ0v) is 9.33. The highest BCUT2D eigenvalue weighted by Gasteiger charge is 2.18. The molecular weight excluding hydrogens is 231 g/mol. The minimum absolute atomic E-state index is 0.152. The van der Waals surface area contributed by atoms with E-state index in [-0.39, 0.29) is 5.56 Å². The van der Waals surface area contributed by atoms with Crippen LogP contribution in [0, 0.1) is 12.7 Å². The van der Waals surface area contributed by atoms with E-state index in [2.05, 4.69) is 0 Å². The summed E-state index contributed by atoms with van der Waals surface area (Å²) in [5.74, 6) is 0.441. The number of benzene rings is 1. The van der Waals surface area contributed by atoms with Gasteiger partial charge < -0.3 is 9.52 Å². The molecule has 0 spiro atoms. The predicted octanol–water partition coefficient (Wildman–Crippen LogP) is 3.46. The zero-order chi connectivity index (χ0) is 11.7. The Morgan fingerprint density at radius 2 is 2.06 bits per heavy atom. The van der Waals surface area contributed by atoms with E-state index in [9.17, 15) is 9.50 Å². The summed E-state index contributed by atoms with van der Waals surface area (Å²) in [5.41, 5.74) is 0.152. The van der Waals surface area contributed by atoms with Crippen LogP contribution in [0.25, 0.3) is 0 Å². The molecule has 0 bridgehead atoms. The highest BCUT2D eigenvalue weighted by molar-refractivity contribution is 6.30. The first kappa shape index (κ1) is 11.2. The molecule has 0 fully saturated rings. The molecule has 0 aliphatic carbocycles. The number of aliphatic hydroxyl groups is 1. The lowest BCUT2D eigenvalue weighted by molar-refractivity contribution is 0.183. The minimum atomic E-state index is -1.11. The lowest BCUT2D eigenvalue weighted by atomic mass is 10.1. The fraction of sp³-hybridized carbons (Fsp3) is 0.167. The topological polar surface area (TPSA) is 33.4 Å². The number of rotatable bonds is 2. The summed E-state index contributed by atoms with van der Waals surface area (Å²) < 4.78 is 18.7. The van der Waals surface area contributed by atoms with Crippen molar-refractivity contribution in [3.63, 3.8) is 0 Å². The van der Waals surface area contributed by atoms with Crippen molar-refractivity contribution in [2.24, 2.45) is 0 Å². The molecule has 16 heavy (non-hydrogen) atoms. The monoisotopic (exact) mass is 240 g/mol. The van der Waals surface area contributed by atoms with Gasteiger partial charge >= 0.3 is 0 Å². The highest BCUT2D eigenvalue weighted by Crippen LogP contribution is 2.27. The van der Waals surface area contributed by atoms with Crippen molar-refractivity contribution in [2.75, 3.05) is 0 Å². The number of furan rings is 1. The van der Waals surface area contributed by atoms with Gasteiger partial charge in [0, 0.05) is 10.6 Å². The normalized spacial score (nSPS) is 12.8. The predicted molar refractivity (Wildman–Crippen MR) is 58.9 cm³/mol. The summed E-state index contributed by atoms with van der Waals surface area (Å²) >= 11 is 5.63. The number of aryl methyl sites for hydroxylation is 1. The van der Waals surface area contributed by atoms with E-state index < -0.39 is 11.9 Å². The summed E-state index contributed by atoms with van der Waals surface area (Å²) in [6.45, 7) is 1.76. The molecule has 0 saturated heterocycles. The fourth-order valence-corrected chi connectivity index (χ4v) is 1.64. The number of hydrogen-bond acceptors (Lipinski definition) is 2. The zero-order valence-electron chi connectivity index (χ0n) is 8.58. The van der Waals surface area contributed by atoms with Crippen LogP contribution in [0.3, 0.4) is 0 Å². The van der Waals surface area contributed by atoms with E-state index in [1.165, 1.54) is 12.1 Å². The van der Waals surface area contributed by atoms with Crippen molar-refractivity contribution >= 4 is 11.6 Å². The van der Waals surface area contributed by atoms with E-state index in [0.29, 0.717) is 16.5 Å². The Balaban J connectivity index is 2.37. The van der Waals surface area contributed by atoms with Gasteiger partial charge in [-0.3, -0.25) is 0 Å². The standard InChI is InChI=1S/C12H10ClFO2/c1-7-2-5-11(16-7)12(15)9-4-3-8(13)6-10(9)14/h2-6,12,15H,1H3. The molecule has 2 aromatic rings. The molecule has 0 amide bonds. The second kappa shape index (κ2) is 4.28. The van der Waals surface area contributed by atoms with Crippen LogP contribution in [-0.4, -0.2) is 5.11 Å². The maximum Gasteiger partial charge on any atom is 0.139 e. The average molecular weight is 241 g/mol. The molecule has 1 atom stereocenters. The molecule has 0 radical (unpaired) electrons. The summed E-state index contributed by atoms with van der Waals surface area (Å²) in [7, 11) is 0. The van der Waals surface area contributed by atoms with Crippen molar-refractivity contribution in [3.05, 3.63) is 58.3 Å². The molecule has 1 N–H and O–H groups in total. The molecule has 1 aromatic carbocycles. The van der Waals surface area contributed by atoms with Gasteiger partial charge in [0.2, 0.25) is 0 Å². The molecule has 4 heteroatoms. The van der Waals surface area contributed by atoms with Crippen molar-refractivity contribution in [3.8, 4) is 0 Å². The van der Waals surface area contributed by atoms with Gasteiger partial charge in [-0.05, 0) is 31.2 Å². The number of aliphatic hydroxyl groups excluding tert-OH is 1. The molecule has 2 nitrogen and oxygen atoms in total. The second-order valence-electron chi connectivity index (χ2n) is 3.52. The van der Waals surface area contributed by atoms with Crippen LogP contribution in [-0.2, 0) is 0 Å². The summed E-state index contributed by atoms with van der Waals surface area (Å²) in [6, 6.07) is 7.47. The van der Waals surface area contributed by atoms with E-state index in [1.807, 2.05) is 0 Å². The van der Waals surface area contributed by atoms with E-state index >= 15 is 0 Å². The number of hydrogen-bond donors (Lipinski definition) is 1. The Morgan fingerprint density at radius 1 is 1.31 bits per heavy atom. The van der Waals surface area contributed by atoms with E-state index in [0.717, 1.165) is 6.07 Å². The van der Waals surface area contributed by atoms with Gasteiger partial charge in [0.05, 0.1) is 0 Å². The van der Waals surface area contributed by atoms with Crippen LogP contribution in [0.15, 0.2) is 34.7 Å². The maximum absolute atomic E-state index is 13.5. The van der Waals surface area contributed by atoms with E-state index in [4.69, 9.17) is 16.0 Å². The van der Waals surface area contributed by atoms with Crippen molar-refractivity contribution in [1.82, 2.24) is 0 Å². The average Bonchev–Trinajstić information content (AvgIpc) is 2.64. The molecular formula is C12H10ClFO2. The second-order valence-corrected chi connectivity index (χ2v) is 3.95.